The summed E-state index contributed by atoms with van der Waals surface area (Å²) in [6.07, 6.45) is 0.164. The Morgan fingerprint density at radius 1 is 1.09 bits per heavy atom. The molecule has 2 amide bonds. The van der Waals surface area contributed by atoms with Gasteiger partial charge in [-0.2, -0.15) is 0 Å². The van der Waals surface area contributed by atoms with Crippen molar-refractivity contribution in [3.63, 3.8) is 0 Å². The normalized spacial score (nSPS) is 11.0. The van der Waals surface area contributed by atoms with Crippen LogP contribution in [0.4, 0.5) is 10.5 Å². The molecule has 1 aromatic rings. The van der Waals surface area contributed by atoms with Crippen LogP contribution in [0.25, 0.3) is 0 Å². The molecule has 0 fully saturated rings. The van der Waals surface area contributed by atoms with Crippen molar-refractivity contribution in [2.75, 3.05) is 18.8 Å². The first-order valence-corrected chi connectivity index (χ1v) is 7.72. The molecular formula is C17H27N3O3. The van der Waals surface area contributed by atoms with E-state index in [9.17, 15) is 9.59 Å². The maximum atomic E-state index is 12.1. The van der Waals surface area contributed by atoms with Crippen molar-refractivity contribution in [2.24, 2.45) is 0 Å². The number of nitrogen functional groups attached to an aromatic ring is 1. The SMILES string of the molecule is Cc1cc(C)c(C(=O)NCCCNC(=O)OC(C)(C)C)cc1N. The maximum absolute atomic E-state index is 12.1. The van der Waals surface area contributed by atoms with Crippen molar-refractivity contribution in [1.29, 1.82) is 0 Å². The smallest absolute Gasteiger partial charge is 0.407 e. The number of rotatable bonds is 5. The minimum absolute atomic E-state index is 0.161. The van der Waals surface area contributed by atoms with Gasteiger partial charge in [0, 0.05) is 24.3 Å². The van der Waals surface area contributed by atoms with Crippen molar-refractivity contribution in [1.82, 2.24) is 10.6 Å². The van der Waals surface area contributed by atoms with E-state index in [4.69, 9.17) is 10.5 Å². The Morgan fingerprint density at radius 3 is 2.30 bits per heavy atom. The lowest BCUT2D eigenvalue weighted by atomic mass is 10.0. The van der Waals surface area contributed by atoms with Gasteiger partial charge in [-0.25, -0.2) is 4.79 Å². The van der Waals surface area contributed by atoms with E-state index in [1.807, 2.05) is 40.7 Å². The molecule has 0 heterocycles. The Kier molecular flexibility index (Phi) is 6.42. The molecule has 0 aromatic heterocycles. The molecule has 128 valence electrons. The Hall–Kier alpha value is -2.24. The Bertz CT molecular complexity index is 577. The molecule has 0 aliphatic carbocycles. The van der Waals surface area contributed by atoms with E-state index in [1.54, 1.807) is 6.07 Å². The third kappa shape index (κ3) is 6.59. The number of hydrogen-bond acceptors (Lipinski definition) is 4. The second-order valence-electron chi connectivity index (χ2n) is 6.56. The monoisotopic (exact) mass is 321 g/mol. The van der Waals surface area contributed by atoms with Crippen LogP contribution < -0.4 is 16.4 Å². The lowest BCUT2D eigenvalue weighted by Gasteiger charge is -2.19. The quantitative estimate of drug-likeness (QED) is 0.574. The molecule has 0 bridgehead atoms. The van der Waals surface area contributed by atoms with Crippen LogP contribution in [0, 0.1) is 13.8 Å². The fourth-order valence-electron chi connectivity index (χ4n) is 2.00. The molecule has 0 spiro atoms. The van der Waals surface area contributed by atoms with E-state index in [2.05, 4.69) is 10.6 Å². The number of carbonyl (C=O) groups is 2. The zero-order valence-corrected chi connectivity index (χ0v) is 14.6. The summed E-state index contributed by atoms with van der Waals surface area (Å²) in [6, 6.07) is 3.59. The lowest BCUT2D eigenvalue weighted by Crippen LogP contribution is -2.34. The number of ether oxygens (including phenoxy) is 1. The first-order valence-electron chi connectivity index (χ1n) is 7.72. The number of carbonyl (C=O) groups excluding carboxylic acids is 2. The molecule has 6 heteroatoms. The van der Waals surface area contributed by atoms with Gasteiger partial charge in [-0.15, -0.1) is 0 Å². The molecule has 0 unspecified atom stereocenters. The summed E-state index contributed by atoms with van der Waals surface area (Å²) in [5.41, 5.74) is 8.36. The summed E-state index contributed by atoms with van der Waals surface area (Å²) in [5.74, 6) is -0.161. The lowest BCUT2D eigenvalue weighted by molar-refractivity contribution is 0.0527. The van der Waals surface area contributed by atoms with E-state index in [-0.39, 0.29) is 5.91 Å². The zero-order chi connectivity index (χ0) is 17.6. The number of anilines is 1. The molecule has 23 heavy (non-hydrogen) atoms. The van der Waals surface area contributed by atoms with Gasteiger partial charge >= 0.3 is 6.09 Å². The molecule has 1 aromatic carbocycles. The predicted molar refractivity (Wildman–Crippen MR) is 91.5 cm³/mol. The van der Waals surface area contributed by atoms with Gasteiger partial charge in [-0.05, 0) is 58.2 Å². The summed E-state index contributed by atoms with van der Waals surface area (Å²) in [7, 11) is 0. The van der Waals surface area contributed by atoms with Crippen molar-refractivity contribution in [3.8, 4) is 0 Å². The van der Waals surface area contributed by atoms with Gasteiger partial charge in [0.05, 0.1) is 0 Å². The topological polar surface area (TPSA) is 93.5 Å². The highest BCUT2D eigenvalue weighted by Gasteiger charge is 2.15. The Morgan fingerprint density at radius 2 is 1.70 bits per heavy atom. The van der Waals surface area contributed by atoms with Crippen LogP contribution in [0.3, 0.4) is 0 Å². The minimum Gasteiger partial charge on any atom is -0.444 e. The van der Waals surface area contributed by atoms with E-state index < -0.39 is 11.7 Å². The van der Waals surface area contributed by atoms with E-state index in [0.717, 1.165) is 11.1 Å². The highest BCUT2D eigenvalue weighted by molar-refractivity contribution is 5.96. The summed E-state index contributed by atoms with van der Waals surface area (Å²) in [6.45, 7) is 10.1. The summed E-state index contributed by atoms with van der Waals surface area (Å²) >= 11 is 0. The number of nitrogens with one attached hydrogen (secondary N) is 2. The molecular weight excluding hydrogens is 294 g/mol. The molecule has 0 aliphatic rings. The van der Waals surface area contributed by atoms with Gasteiger partial charge in [0.15, 0.2) is 0 Å². The molecule has 4 N–H and O–H groups in total. The third-order valence-corrected chi connectivity index (χ3v) is 3.16. The van der Waals surface area contributed by atoms with Crippen molar-refractivity contribution >= 4 is 17.7 Å². The minimum atomic E-state index is -0.513. The first kappa shape index (κ1) is 18.8. The van der Waals surface area contributed by atoms with Crippen molar-refractivity contribution in [3.05, 3.63) is 28.8 Å². The average molecular weight is 321 g/mol. The number of alkyl carbamates (subject to hydrolysis) is 1. The molecule has 0 aliphatic heterocycles. The number of nitrogens with two attached hydrogens (primary N) is 1. The first-order chi connectivity index (χ1) is 10.6. The zero-order valence-electron chi connectivity index (χ0n) is 14.6. The number of aryl methyl sites for hydroxylation is 2. The van der Waals surface area contributed by atoms with Gasteiger partial charge in [0.1, 0.15) is 5.60 Å². The van der Waals surface area contributed by atoms with Crippen LogP contribution in [-0.2, 0) is 4.74 Å². The van der Waals surface area contributed by atoms with Crippen LogP contribution in [0.2, 0.25) is 0 Å². The van der Waals surface area contributed by atoms with Crippen LogP contribution >= 0.6 is 0 Å². The van der Waals surface area contributed by atoms with Gasteiger partial charge in [0.25, 0.3) is 5.91 Å². The van der Waals surface area contributed by atoms with Gasteiger partial charge in [0.2, 0.25) is 0 Å². The molecule has 0 atom stereocenters. The van der Waals surface area contributed by atoms with Gasteiger partial charge in [-0.1, -0.05) is 6.07 Å². The fraction of sp³-hybridized carbons (Fsp3) is 0.529. The largest absolute Gasteiger partial charge is 0.444 e. The van der Waals surface area contributed by atoms with Crippen molar-refractivity contribution < 1.29 is 14.3 Å². The van der Waals surface area contributed by atoms with Crippen molar-refractivity contribution in [2.45, 2.75) is 46.6 Å². The summed E-state index contributed by atoms with van der Waals surface area (Å²) < 4.78 is 5.12. The molecule has 6 nitrogen and oxygen atoms in total. The second kappa shape index (κ2) is 7.85. The molecule has 1 rings (SSSR count). The molecule has 0 saturated carbocycles. The standard InChI is InChI=1S/C17H27N3O3/c1-11-9-12(2)14(18)10-13(11)15(21)19-7-6-8-20-16(22)23-17(3,4)5/h9-10H,6-8,18H2,1-5H3,(H,19,21)(H,20,22). The number of amides is 2. The summed E-state index contributed by atoms with van der Waals surface area (Å²) in [4.78, 5) is 23.6. The molecule has 0 radical (unpaired) electrons. The van der Waals surface area contributed by atoms with E-state index >= 15 is 0 Å². The average Bonchev–Trinajstić information content (AvgIpc) is 2.40. The van der Waals surface area contributed by atoms with Crippen LogP contribution in [0.5, 0.6) is 0 Å². The van der Waals surface area contributed by atoms with E-state index in [0.29, 0.717) is 30.8 Å². The highest BCUT2D eigenvalue weighted by atomic mass is 16.6. The van der Waals surface area contributed by atoms with Crippen LogP contribution in [-0.4, -0.2) is 30.7 Å². The fourth-order valence-corrected chi connectivity index (χ4v) is 2.00. The second-order valence-corrected chi connectivity index (χ2v) is 6.56. The Labute approximate surface area is 137 Å². The van der Waals surface area contributed by atoms with E-state index in [1.165, 1.54) is 0 Å². The number of benzene rings is 1. The molecule has 0 saturated heterocycles. The van der Waals surface area contributed by atoms with Crippen LogP contribution in [0.15, 0.2) is 12.1 Å². The maximum Gasteiger partial charge on any atom is 0.407 e. The van der Waals surface area contributed by atoms with Gasteiger partial charge in [-0.3, -0.25) is 4.79 Å². The van der Waals surface area contributed by atoms with Crippen LogP contribution in [0.1, 0.15) is 48.7 Å². The third-order valence-electron chi connectivity index (χ3n) is 3.16. The number of hydrogen-bond donors (Lipinski definition) is 3. The highest BCUT2D eigenvalue weighted by Crippen LogP contribution is 2.17. The predicted octanol–water partition coefficient (Wildman–Crippen LogP) is 2.53. The van der Waals surface area contributed by atoms with Gasteiger partial charge < -0.3 is 21.1 Å². The Balaban J connectivity index is 2.35. The summed E-state index contributed by atoms with van der Waals surface area (Å²) in [5, 5.41) is 5.47.